The van der Waals surface area contributed by atoms with Gasteiger partial charge in [-0.25, -0.2) is 4.98 Å². The second-order valence-electron chi connectivity index (χ2n) is 5.39. The van der Waals surface area contributed by atoms with Crippen molar-refractivity contribution in [1.29, 1.82) is 0 Å². The first kappa shape index (κ1) is 13.0. The molecule has 0 fully saturated rings. The Hall–Kier alpha value is -2.43. The van der Waals surface area contributed by atoms with Crippen LogP contribution in [0.3, 0.4) is 0 Å². The van der Waals surface area contributed by atoms with Crippen molar-refractivity contribution in [1.82, 2.24) is 4.98 Å². The number of aromatic nitrogens is 1. The normalized spacial score (nSPS) is 11.5. The Bertz CT molecular complexity index is 1120. The van der Waals surface area contributed by atoms with Gasteiger partial charge in [0.05, 0.1) is 20.6 Å². The van der Waals surface area contributed by atoms with E-state index in [9.17, 15) is 0 Å². The quantitative estimate of drug-likeness (QED) is 0.404. The molecule has 23 heavy (non-hydrogen) atoms. The van der Waals surface area contributed by atoms with E-state index in [0.29, 0.717) is 0 Å². The van der Waals surface area contributed by atoms with Gasteiger partial charge in [0.2, 0.25) is 0 Å². The molecule has 0 spiro atoms. The number of nitrogens with zero attached hydrogens (tertiary/aromatic N) is 1. The largest absolute Gasteiger partial charge is 0.330 e. The fraction of sp³-hybridized carbons (Fsp3) is 0. The molecule has 0 saturated heterocycles. The number of thiazole rings is 1. The predicted octanol–water partition coefficient (Wildman–Crippen LogP) is 6.41. The van der Waals surface area contributed by atoms with E-state index >= 15 is 0 Å². The number of nitrogens with one attached hydrogen (secondary N) is 1. The number of fused-ring (bicyclic) bond motifs is 4. The number of thiophene rings is 1. The van der Waals surface area contributed by atoms with Crippen LogP contribution in [0.25, 0.3) is 30.4 Å². The van der Waals surface area contributed by atoms with Crippen LogP contribution in [-0.4, -0.2) is 4.98 Å². The predicted molar refractivity (Wildman–Crippen MR) is 102 cm³/mol. The van der Waals surface area contributed by atoms with Gasteiger partial charge < -0.3 is 5.32 Å². The highest BCUT2D eigenvalue weighted by Crippen LogP contribution is 2.39. The molecule has 1 N–H and O–H groups in total. The summed E-state index contributed by atoms with van der Waals surface area (Å²) in [4.78, 5) is 4.68. The van der Waals surface area contributed by atoms with Gasteiger partial charge in [-0.2, -0.15) is 0 Å². The van der Waals surface area contributed by atoms with Gasteiger partial charge in [0.1, 0.15) is 0 Å². The van der Waals surface area contributed by atoms with Crippen LogP contribution in [0.5, 0.6) is 0 Å². The molecule has 0 saturated carbocycles. The second-order valence-corrected chi connectivity index (χ2v) is 7.48. The van der Waals surface area contributed by atoms with Crippen LogP contribution < -0.4 is 5.32 Å². The fourth-order valence-electron chi connectivity index (χ4n) is 2.89. The molecular weight excluding hydrogens is 320 g/mol. The Kier molecular flexibility index (Phi) is 2.86. The van der Waals surface area contributed by atoms with Gasteiger partial charge in [-0.15, -0.1) is 11.3 Å². The van der Waals surface area contributed by atoms with Crippen LogP contribution in [0.15, 0.2) is 66.7 Å². The molecule has 0 aliphatic rings. The maximum atomic E-state index is 4.68. The van der Waals surface area contributed by atoms with Crippen molar-refractivity contribution in [2.45, 2.75) is 0 Å². The molecular formula is C19H12N2S2. The van der Waals surface area contributed by atoms with Crippen LogP contribution in [-0.2, 0) is 0 Å². The third-order valence-corrected chi connectivity index (χ3v) is 6.11. The molecule has 0 aliphatic carbocycles. The Balaban J connectivity index is 1.67. The highest BCUT2D eigenvalue weighted by molar-refractivity contribution is 7.26. The minimum absolute atomic E-state index is 0.941. The number of anilines is 2. The first-order valence-electron chi connectivity index (χ1n) is 7.41. The number of benzene rings is 3. The molecule has 0 atom stereocenters. The van der Waals surface area contributed by atoms with Gasteiger partial charge in [0.25, 0.3) is 0 Å². The SMILES string of the molecule is c1ccc2sc(Nc3cccc4c3sc3ccccc34)nc2c1. The Morgan fingerprint density at radius 3 is 2.39 bits per heavy atom. The molecule has 3 aromatic carbocycles. The second kappa shape index (κ2) is 5.05. The van der Waals surface area contributed by atoms with Crippen molar-refractivity contribution in [2.24, 2.45) is 0 Å². The zero-order valence-electron chi connectivity index (χ0n) is 12.1. The summed E-state index contributed by atoms with van der Waals surface area (Å²) in [6.45, 7) is 0. The molecule has 2 aromatic heterocycles. The van der Waals surface area contributed by atoms with Crippen LogP contribution in [0.2, 0.25) is 0 Å². The van der Waals surface area contributed by atoms with Gasteiger partial charge in [-0.1, -0.05) is 53.8 Å². The Morgan fingerprint density at radius 1 is 0.696 bits per heavy atom. The Morgan fingerprint density at radius 2 is 1.48 bits per heavy atom. The summed E-state index contributed by atoms with van der Waals surface area (Å²) < 4.78 is 3.81. The molecule has 110 valence electrons. The van der Waals surface area contributed by atoms with Gasteiger partial charge in [0.15, 0.2) is 5.13 Å². The monoisotopic (exact) mass is 332 g/mol. The van der Waals surface area contributed by atoms with E-state index in [0.717, 1.165) is 16.3 Å². The van der Waals surface area contributed by atoms with E-state index in [1.165, 1.54) is 24.9 Å². The van der Waals surface area contributed by atoms with Crippen molar-refractivity contribution in [3.8, 4) is 0 Å². The standard InChI is InChI=1S/C19H12N2S2/c1-3-10-16-12(6-1)13-7-5-9-15(18(13)22-16)21-19-20-14-8-2-4-11-17(14)23-19/h1-11H,(H,20,21). The lowest BCUT2D eigenvalue weighted by Crippen LogP contribution is -1.88. The summed E-state index contributed by atoms with van der Waals surface area (Å²) in [6, 6.07) is 23.2. The molecule has 2 nitrogen and oxygen atoms in total. The first-order chi connectivity index (χ1) is 11.4. The van der Waals surface area contributed by atoms with E-state index in [-0.39, 0.29) is 0 Å². The maximum Gasteiger partial charge on any atom is 0.188 e. The number of hydrogen-bond donors (Lipinski definition) is 1. The lowest BCUT2D eigenvalue weighted by molar-refractivity contribution is 1.46. The van der Waals surface area contributed by atoms with Gasteiger partial charge in [0, 0.05) is 15.5 Å². The third kappa shape index (κ3) is 2.11. The zero-order chi connectivity index (χ0) is 15.2. The third-order valence-electron chi connectivity index (χ3n) is 3.94. The van der Waals surface area contributed by atoms with E-state index in [1.54, 1.807) is 11.3 Å². The van der Waals surface area contributed by atoms with Gasteiger partial charge in [-0.05, 0) is 24.3 Å². The van der Waals surface area contributed by atoms with Gasteiger partial charge >= 0.3 is 0 Å². The minimum Gasteiger partial charge on any atom is -0.330 e. The summed E-state index contributed by atoms with van der Waals surface area (Å²) in [5, 5.41) is 7.08. The van der Waals surface area contributed by atoms with Crippen LogP contribution in [0.4, 0.5) is 10.8 Å². The van der Waals surface area contributed by atoms with Crippen LogP contribution >= 0.6 is 22.7 Å². The summed E-state index contributed by atoms with van der Waals surface area (Å²) in [5.74, 6) is 0. The van der Waals surface area contributed by atoms with Gasteiger partial charge in [-0.3, -0.25) is 0 Å². The maximum absolute atomic E-state index is 4.68. The Labute approximate surface area is 141 Å². The van der Waals surface area contributed by atoms with E-state index in [2.05, 4.69) is 71.0 Å². The molecule has 5 aromatic rings. The average molecular weight is 332 g/mol. The van der Waals surface area contributed by atoms with Crippen molar-refractivity contribution in [3.05, 3.63) is 66.7 Å². The lowest BCUT2D eigenvalue weighted by atomic mass is 10.1. The molecule has 0 unspecified atom stereocenters. The summed E-state index contributed by atoms with van der Waals surface area (Å²) in [5.41, 5.74) is 2.17. The van der Waals surface area contributed by atoms with E-state index in [4.69, 9.17) is 0 Å². The van der Waals surface area contributed by atoms with E-state index in [1.807, 2.05) is 17.4 Å². The number of para-hydroxylation sites is 1. The van der Waals surface area contributed by atoms with E-state index < -0.39 is 0 Å². The fourth-order valence-corrected chi connectivity index (χ4v) is 4.94. The summed E-state index contributed by atoms with van der Waals surface area (Å²) in [6.07, 6.45) is 0. The summed E-state index contributed by atoms with van der Waals surface area (Å²) in [7, 11) is 0. The molecule has 2 heterocycles. The van der Waals surface area contributed by atoms with Crippen LogP contribution in [0.1, 0.15) is 0 Å². The molecule has 0 amide bonds. The number of rotatable bonds is 2. The van der Waals surface area contributed by atoms with Crippen LogP contribution in [0, 0.1) is 0 Å². The highest BCUT2D eigenvalue weighted by atomic mass is 32.1. The number of hydrogen-bond acceptors (Lipinski definition) is 4. The lowest BCUT2D eigenvalue weighted by Gasteiger charge is -2.03. The molecule has 4 heteroatoms. The minimum atomic E-state index is 0.941. The molecule has 0 bridgehead atoms. The molecule has 0 radical (unpaired) electrons. The summed E-state index contributed by atoms with van der Waals surface area (Å²) >= 11 is 3.52. The highest BCUT2D eigenvalue weighted by Gasteiger charge is 2.10. The van der Waals surface area contributed by atoms with Crippen molar-refractivity contribution < 1.29 is 0 Å². The first-order valence-corrected chi connectivity index (χ1v) is 9.05. The topological polar surface area (TPSA) is 24.9 Å². The average Bonchev–Trinajstić information content (AvgIpc) is 3.16. The zero-order valence-corrected chi connectivity index (χ0v) is 13.7. The smallest absolute Gasteiger partial charge is 0.188 e. The molecule has 5 rings (SSSR count). The van der Waals surface area contributed by atoms with Crippen molar-refractivity contribution >= 4 is 63.9 Å². The molecule has 0 aliphatic heterocycles. The van der Waals surface area contributed by atoms with Crippen molar-refractivity contribution in [2.75, 3.05) is 5.32 Å². The van der Waals surface area contributed by atoms with Crippen molar-refractivity contribution in [3.63, 3.8) is 0 Å².